The highest BCUT2D eigenvalue weighted by Gasteiger charge is 2.23. The maximum Gasteiger partial charge on any atom is 0.274 e. The molecule has 154 valence electrons. The van der Waals surface area contributed by atoms with Gasteiger partial charge in [-0.2, -0.15) is 5.10 Å². The fourth-order valence-electron chi connectivity index (χ4n) is 3.81. The fraction of sp³-hybridized carbons (Fsp3) is 0.292. The third kappa shape index (κ3) is 3.28. The van der Waals surface area contributed by atoms with Gasteiger partial charge in [0.1, 0.15) is 11.3 Å². The number of hydrogen-bond donors (Lipinski definition) is 0. The number of benzene rings is 2. The lowest BCUT2D eigenvalue weighted by Crippen LogP contribution is -2.32. The van der Waals surface area contributed by atoms with Gasteiger partial charge in [-0.15, -0.1) is 0 Å². The molecule has 0 aliphatic heterocycles. The normalized spacial score (nSPS) is 11.5. The minimum atomic E-state index is -0.229. The molecule has 2 aromatic heterocycles. The summed E-state index contributed by atoms with van der Waals surface area (Å²) in [4.78, 5) is 27.8. The number of rotatable bonds is 5. The second kappa shape index (κ2) is 7.78. The molecule has 2 aromatic carbocycles. The molecule has 0 aliphatic rings. The summed E-state index contributed by atoms with van der Waals surface area (Å²) in [5.41, 5.74) is 1.92. The lowest BCUT2D eigenvalue weighted by Gasteiger charge is -2.19. The van der Waals surface area contributed by atoms with Gasteiger partial charge in [-0.05, 0) is 26.0 Å². The zero-order valence-corrected chi connectivity index (χ0v) is 17.7. The number of fused-ring (bicyclic) bond motifs is 2. The average Bonchev–Trinajstić information content (AvgIpc) is 3.11. The van der Waals surface area contributed by atoms with Crippen molar-refractivity contribution >= 4 is 27.6 Å². The molecule has 0 saturated carbocycles. The van der Waals surface area contributed by atoms with Crippen LogP contribution < -0.4 is 5.56 Å². The highest BCUT2D eigenvalue weighted by Crippen LogP contribution is 2.28. The Kier molecular flexibility index (Phi) is 5.16. The number of aromatic nitrogens is 2. The molecule has 0 N–H and O–H groups in total. The number of furan rings is 1. The molecule has 0 bridgehead atoms. The van der Waals surface area contributed by atoms with Crippen LogP contribution >= 0.6 is 0 Å². The molecule has 0 radical (unpaired) electrons. The van der Waals surface area contributed by atoms with Crippen molar-refractivity contribution in [2.24, 2.45) is 0 Å². The van der Waals surface area contributed by atoms with Crippen LogP contribution in [0.1, 0.15) is 48.6 Å². The Morgan fingerprint density at radius 3 is 2.37 bits per heavy atom. The van der Waals surface area contributed by atoms with Crippen LogP contribution in [0.4, 0.5) is 0 Å². The molecule has 0 unspecified atom stereocenters. The van der Waals surface area contributed by atoms with Crippen molar-refractivity contribution in [2.75, 3.05) is 7.05 Å². The largest absolute Gasteiger partial charge is 0.461 e. The highest BCUT2D eigenvalue weighted by molar-refractivity contribution is 6.04. The summed E-state index contributed by atoms with van der Waals surface area (Å²) in [6.07, 6.45) is 0.742. The molecular formula is C24H25N3O3. The van der Waals surface area contributed by atoms with E-state index in [1.54, 1.807) is 30.1 Å². The van der Waals surface area contributed by atoms with Crippen molar-refractivity contribution in [2.45, 2.75) is 39.8 Å². The van der Waals surface area contributed by atoms with E-state index in [-0.39, 0.29) is 23.2 Å². The molecule has 2 heterocycles. The summed E-state index contributed by atoms with van der Waals surface area (Å²) in [5.74, 6) is 0.647. The molecule has 30 heavy (non-hydrogen) atoms. The third-order valence-electron chi connectivity index (χ3n) is 5.37. The van der Waals surface area contributed by atoms with Crippen LogP contribution in [0.2, 0.25) is 0 Å². The summed E-state index contributed by atoms with van der Waals surface area (Å²) in [6.45, 7) is 6.20. The van der Waals surface area contributed by atoms with Gasteiger partial charge < -0.3 is 9.32 Å². The summed E-state index contributed by atoms with van der Waals surface area (Å²) in [7, 11) is 1.75. The number of carbonyl (C=O) groups is 1. The fourth-order valence-corrected chi connectivity index (χ4v) is 3.81. The van der Waals surface area contributed by atoms with Crippen LogP contribution in [-0.4, -0.2) is 27.6 Å². The Balaban J connectivity index is 1.78. The smallest absolute Gasteiger partial charge is 0.274 e. The number of carbonyl (C=O) groups excluding carboxylic acids is 1. The van der Waals surface area contributed by atoms with Crippen LogP contribution in [0.5, 0.6) is 0 Å². The van der Waals surface area contributed by atoms with Crippen LogP contribution in [0, 0.1) is 0 Å². The Morgan fingerprint density at radius 1 is 1.07 bits per heavy atom. The molecule has 0 saturated heterocycles. The van der Waals surface area contributed by atoms with E-state index in [1.807, 2.05) is 51.1 Å². The molecule has 0 atom stereocenters. The number of nitrogens with zero attached hydrogens (tertiary/aromatic N) is 3. The van der Waals surface area contributed by atoms with Gasteiger partial charge in [-0.25, -0.2) is 4.68 Å². The van der Waals surface area contributed by atoms with Gasteiger partial charge in [0.2, 0.25) is 0 Å². The predicted molar refractivity (Wildman–Crippen MR) is 118 cm³/mol. The predicted octanol–water partition coefficient (Wildman–Crippen LogP) is 4.56. The third-order valence-corrected chi connectivity index (χ3v) is 5.37. The maximum atomic E-state index is 13.4. The van der Waals surface area contributed by atoms with Crippen molar-refractivity contribution < 1.29 is 9.21 Å². The second-order valence-electron chi connectivity index (χ2n) is 7.75. The first kappa shape index (κ1) is 19.9. The highest BCUT2D eigenvalue weighted by atomic mass is 16.3. The first-order valence-electron chi connectivity index (χ1n) is 10.2. The lowest BCUT2D eigenvalue weighted by atomic mass is 10.1. The minimum absolute atomic E-state index is 0.150. The van der Waals surface area contributed by atoms with Crippen molar-refractivity contribution in [1.82, 2.24) is 14.7 Å². The zero-order chi connectivity index (χ0) is 21.4. The maximum absolute atomic E-state index is 13.4. The van der Waals surface area contributed by atoms with Gasteiger partial charge in [0.15, 0.2) is 5.69 Å². The van der Waals surface area contributed by atoms with Gasteiger partial charge in [0.25, 0.3) is 11.5 Å². The second-order valence-corrected chi connectivity index (χ2v) is 7.75. The quantitative estimate of drug-likeness (QED) is 0.490. The summed E-state index contributed by atoms with van der Waals surface area (Å²) in [5, 5.41) is 6.53. The van der Waals surface area contributed by atoms with E-state index in [2.05, 4.69) is 5.10 Å². The van der Waals surface area contributed by atoms with Crippen molar-refractivity contribution in [1.29, 1.82) is 0 Å². The monoisotopic (exact) mass is 403 g/mol. The number of amides is 1. The Morgan fingerprint density at radius 2 is 1.70 bits per heavy atom. The Labute approximate surface area is 174 Å². The van der Waals surface area contributed by atoms with Crippen LogP contribution in [0.25, 0.3) is 21.7 Å². The van der Waals surface area contributed by atoms with Gasteiger partial charge in [-0.3, -0.25) is 9.59 Å². The molecule has 0 fully saturated rings. The molecule has 6 nitrogen and oxygen atoms in total. The van der Waals surface area contributed by atoms with Crippen LogP contribution in [-0.2, 0) is 13.0 Å². The number of hydrogen-bond acceptors (Lipinski definition) is 4. The van der Waals surface area contributed by atoms with E-state index in [0.717, 1.165) is 28.7 Å². The molecule has 6 heteroatoms. The summed E-state index contributed by atoms with van der Waals surface area (Å²) in [6, 6.07) is 14.9. The van der Waals surface area contributed by atoms with Gasteiger partial charge >= 0.3 is 0 Å². The van der Waals surface area contributed by atoms with Crippen molar-refractivity contribution in [3.05, 3.63) is 75.9 Å². The first-order chi connectivity index (χ1) is 14.4. The van der Waals surface area contributed by atoms with E-state index in [0.29, 0.717) is 17.3 Å². The minimum Gasteiger partial charge on any atom is -0.461 e. The Bertz CT molecular complexity index is 1300. The number of para-hydroxylation sites is 1. The molecule has 0 aliphatic carbocycles. The number of aryl methyl sites for hydroxylation is 1. The summed E-state index contributed by atoms with van der Waals surface area (Å²) < 4.78 is 7.36. The molecule has 1 amide bonds. The molecule has 4 rings (SSSR count). The lowest BCUT2D eigenvalue weighted by molar-refractivity contribution is 0.0778. The summed E-state index contributed by atoms with van der Waals surface area (Å²) >= 11 is 0. The van der Waals surface area contributed by atoms with E-state index in [4.69, 9.17) is 4.42 Å². The van der Waals surface area contributed by atoms with E-state index < -0.39 is 0 Å². The molecular weight excluding hydrogens is 378 g/mol. The van der Waals surface area contributed by atoms with Crippen LogP contribution in [0.3, 0.4) is 0 Å². The van der Waals surface area contributed by atoms with E-state index in [9.17, 15) is 9.59 Å². The van der Waals surface area contributed by atoms with Crippen molar-refractivity contribution in [3.8, 4) is 0 Å². The van der Waals surface area contributed by atoms with Crippen molar-refractivity contribution in [3.63, 3.8) is 0 Å². The molecule has 0 spiro atoms. The zero-order valence-electron chi connectivity index (χ0n) is 17.7. The SMILES string of the molecule is CCc1oc2ccccc2c1CN(C)C(=O)c1nn(C(C)C)c(=O)c2ccccc12. The Hall–Kier alpha value is -3.41. The van der Waals surface area contributed by atoms with Crippen LogP contribution in [0.15, 0.2) is 57.7 Å². The first-order valence-corrected chi connectivity index (χ1v) is 10.2. The van der Waals surface area contributed by atoms with E-state index in [1.165, 1.54) is 4.68 Å². The topological polar surface area (TPSA) is 68.3 Å². The van der Waals surface area contributed by atoms with E-state index >= 15 is 0 Å². The van der Waals surface area contributed by atoms with Gasteiger partial charge in [0.05, 0.1) is 11.4 Å². The standard InChI is InChI=1S/C24H25N3O3/c1-5-20-19(16-10-8-9-13-21(16)30-20)14-26(4)24(29)22-17-11-6-7-12-18(17)23(28)27(25-22)15(2)3/h6-13,15H,5,14H2,1-4H3. The van der Waals surface area contributed by atoms with Gasteiger partial charge in [0, 0.05) is 36.3 Å². The van der Waals surface area contributed by atoms with Gasteiger partial charge in [-0.1, -0.05) is 43.3 Å². The average molecular weight is 403 g/mol. The molecule has 4 aromatic rings.